The highest BCUT2D eigenvalue weighted by molar-refractivity contribution is 5.98. The number of methoxy groups -OCH3 is 1. The minimum Gasteiger partial charge on any atom is -0.457 e. The van der Waals surface area contributed by atoms with Crippen LogP contribution in [0.3, 0.4) is 0 Å². The van der Waals surface area contributed by atoms with Crippen molar-refractivity contribution in [3.63, 3.8) is 0 Å². The Balaban J connectivity index is 1.56. The topological polar surface area (TPSA) is 86.5 Å². The van der Waals surface area contributed by atoms with E-state index in [2.05, 4.69) is 29.4 Å². The van der Waals surface area contributed by atoms with E-state index in [0.29, 0.717) is 24.4 Å². The average Bonchev–Trinajstić information content (AvgIpc) is 2.74. The Morgan fingerprint density at radius 1 is 0.966 bits per heavy atom. The van der Waals surface area contributed by atoms with Crippen molar-refractivity contribution >= 4 is 11.7 Å². The lowest BCUT2D eigenvalue weighted by Gasteiger charge is -2.10. The number of aryl methyl sites for hydroxylation is 1. The molecule has 0 radical (unpaired) electrons. The maximum atomic E-state index is 12.4. The third-order valence-electron chi connectivity index (χ3n) is 4.46. The molecular formula is C23H25N3O3. The Labute approximate surface area is 170 Å². The van der Waals surface area contributed by atoms with Crippen LogP contribution in [-0.2, 0) is 24.3 Å². The maximum absolute atomic E-state index is 12.4. The van der Waals surface area contributed by atoms with Crippen LogP contribution in [0, 0.1) is 0 Å². The molecule has 0 aliphatic heterocycles. The monoisotopic (exact) mass is 391 g/mol. The number of nitrogens with two attached hydrogens (primary N) is 1. The van der Waals surface area contributed by atoms with Gasteiger partial charge >= 0.3 is 0 Å². The fourth-order valence-corrected chi connectivity index (χ4v) is 2.82. The minimum atomic E-state index is -0.268. The van der Waals surface area contributed by atoms with E-state index in [4.69, 9.17) is 15.2 Å². The van der Waals surface area contributed by atoms with E-state index >= 15 is 0 Å². The van der Waals surface area contributed by atoms with Crippen molar-refractivity contribution < 1.29 is 14.3 Å². The summed E-state index contributed by atoms with van der Waals surface area (Å²) >= 11 is 0. The van der Waals surface area contributed by atoms with Gasteiger partial charge in [-0.1, -0.05) is 31.2 Å². The standard InChI is InChI=1S/C23H25N3O3/c1-3-16-4-9-19(10-5-16)29-20-11-6-17(7-12-20)14-25-23(27)21-13-8-18(15-28-2)26-22(21)24/h4-13H,3,14-15H2,1-2H3,(H2,24,26)(H,25,27). The van der Waals surface area contributed by atoms with Crippen molar-refractivity contribution in [2.75, 3.05) is 12.8 Å². The number of aromatic nitrogens is 1. The van der Waals surface area contributed by atoms with Crippen LogP contribution in [0.2, 0.25) is 0 Å². The molecule has 6 nitrogen and oxygen atoms in total. The first-order valence-corrected chi connectivity index (χ1v) is 9.47. The molecule has 1 aromatic heterocycles. The molecule has 0 aliphatic carbocycles. The van der Waals surface area contributed by atoms with Crippen molar-refractivity contribution in [1.82, 2.24) is 10.3 Å². The van der Waals surface area contributed by atoms with Gasteiger partial charge in [-0.25, -0.2) is 4.98 Å². The summed E-state index contributed by atoms with van der Waals surface area (Å²) in [4.78, 5) is 16.6. The summed E-state index contributed by atoms with van der Waals surface area (Å²) in [6.45, 7) is 2.85. The largest absolute Gasteiger partial charge is 0.457 e. The lowest BCUT2D eigenvalue weighted by atomic mass is 10.1. The van der Waals surface area contributed by atoms with E-state index in [0.717, 1.165) is 23.5 Å². The van der Waals surface area contributed by atoms with Gasteiger partial charge in [0, 0.05) is 13.7 Å². The molecule has 2 aromatic carbocycles. The molecule has 0 saturated carbocycles. The van der Waals surface area contributed by atoms with E-state index in [1.54, 1.807) is 19.2 Å². The second-order valence-corrected chi connectivity index (χ2v) is 6.59. The summed E-state index contributed by atoms with van der Waals surface area (Å²) in [5.74, 6) is 1.46. The van der Waals surface area contributed by atoms with E-state index < -0.39 is 0 Å². The molecule has 0 fully saturated rings. The normalized spacial score (nSPS) is 10.6. The first-order valence-electron chi connectivity index (χ1n) is 9.47. The molecule has 150 valence electrons. The summed E-state index contributed by atoms with van der Waals surface area (Å²) in [5, 5.41) is 2.86. The summed E-state index contributed by atoms with van der Waals surface area (Å²) in [6.07, 6.45) is 1.000. The van der Waals surface area contributed by atoms with Crippen molar-refractivity contribution in [2.24, 2.45) is 0 Å². The van der Waals surface area contributed by atoms with Crippen molar-refractivity contribution in [3.05, 3.63) is 83.0 Å². The Kier molecular flexibility index (Phi) is 6.81. The summed E-state index contributed by atoms with van der Waals surface area (Å²) in [7, 11) is 1.58. The number of pyridine rings is 1. The van der Waals surface area contributed by atoms with E-state index in [-0.39, 0.29) is 11.7 Å². The average molecular weight is 391 g/mol. The second kappa shape index (κ2) is 9.71. The zero-order valence-corrected chi connectivity index (χ0v) is 16.6. The first-order chi connectivity index (χ1) is 14.1. The molecule has 29 heavy (non-hydrogen) atoms. The van der Waals surface area contributed by atoms with Crippen molar-refractivity contribution in [1.29, 1.82) is 0 Å². The highest BCUT2D eigenvalue weighted by Crippen LogP contribution is 2.22. The number of carbonyl (C=O) groups excluding carboxylic acids is 1. The minimum absolute atomic E-state index is 0.190. The van der Waals surface area contributed by atoms with Crippen LogP contribution < -0.4 is 15.8 Å². The number of nitrogens with one attached hydrogen (secondary N) is 1. The zero-order chi connectivity index (χ0) is 20.6. The number of rotatable bonds is 8. The zero-order valence-electron chi connectivity index (χ0n) is 16.6. The fraction of sp³-hybridized carbons (Fsp3) is 0.217. The van der Waals surface area contributed by atoms with E-state index in [9.17, 15) is 4.79 Å². The van der Waals surface area contributed by atoms with Crippen molar-refractivity contribution in [3.8, 4) is 11.5 Å². The van der Waals surface area contributed by atoms with Gasteiger partial charge in [0.1, 0.15) is 17.3 Å². The van der Waals surface area contributed by atoms with Gasteiger partial charge in [-0.2, -0.15) is 0 Å². The lowest BCUT2D eigenvalue weighted by molar-refractivity contribution is 0.0951. The number of amides is 1. The third kappa shape index (κ3) is 5.56. The van der Waals surface area contributed by atoms with Gasteiger partial charge in [0.25, 0.3) is 5.91 Å². The number of benzene rings is 2. The molecule has 0 aliphatic rings. The van der Waals surface area contributed by atoms with Gasteiger partial charge in [0.05, 0.1) is 17.9 Å². The van der Waals surface area contributed by atoms with E-state index in [1.807, 2.05) is 36.4 Å². The number of hydrogen-bond acceptors (Lipinski definition) is 5. The molecule has 1 amide bonds. The van der Waals surface area contributed by atoms with Crippen LogP contribution in [0.5, 0.6) is 11.5 Å². The van der Waals surface area contributed by atoms with Crippen LogP contribution in [-0.4, -0.2) is 18.0 Å². The Bertz CT molecular complexity index is 954. The van der Waals surface area contributed by atoms with Gasteiger partial charge in [-0.05, 0) is 53.9 Å². The summed E-state index contributed by atoms with van der Waals surface area (Å²) in [6, 6.07) is 19.0. The van der Waals surface area contributed by atoms with E-state index in [1.165, 1.54) is 5.56 Å². The Hall–Kier alpha value is -3.38. The number of anilines is 1. The molecule has 0 bridgehead atoms. The van der Waals surface area contributed by atoms with Crippen molar-refractivity contribution in [2.45, 2.75) is 26.5 Å². The smallest absolute Gasteiger partial charge is 0.255 e. The van der Waals surface area contributed by atoms with Gasteiger partial charge in [0.15, 0.2) is 0 Å². The van der Waals surface area contributed by atoms with Gasteiger partial charge in [-0.15, -0.1) is 0 Å². The number of hydrogen-bond donors (Lipinski definition) is 2. The molecule has 0 unspecified atom stereocenters. The van der Waals surface area contributed by atoms with Crippen LogP contribution in [0.15, 0.2) is 60.7 Å². The predicted molar refractivity (Wildman–Crippen MR) is 113 cm³/mol. The lowest BCUT2D eigenvalue weighted by Crippen LogP contribution is -2.24. The molecular weight excluding hydrogens is 366 g/mol. The molecule has 6 heteroatoms. The van der Waals surface area contributed by atoms with Crippen LogP contribution >= 0.6 is 0 Å². The second-order valence-electron chi connectivity index (χ2n) is 6.59. The first kappa shape index (κ1) is 20.4. The predicted octanol–water partition coefficient (Wildman–Crippen LogP) is 4.09. The fourth-order valence-electron chi connectivity index (χ4n) is 2.82. The molecule has 0 atom stereocenters. The number of nitrogen functional groups attached to an aromatic ring is 1. The third-order valence-corrected chi connectivity index (χ3v) is 4.46. The molecule has 0 saturated heterocycles. The van der Waals surface area contributed by atoms with Crippen LogP contribution in [0.1, 0.15) is 34.1 Å². The number of ether oxygens (including phenoxy) is 2. The maximum Gasteiger partial charge on any atom is 0.255 e. The Morgan fingerprint density at radius 2 is 1.59 bits per heavy atom. The highest BCUT2D eigenvalue weighted by Gasteiger charge is 2.11. The molecule has 0 spiro atoms. The molecule has 3 N–H and O–H groups in total. The molecule has 3 rings (SSSR count). The molecule has 3 aromatic rings. The SMILES string of the molecule is CCc1ccc(Oc2ccc(CNC(=O)c3ccc(COC)nc3N)cc2)cc1. The number of nitrogens with zero attached hydrogens (tertiary/aromatic N) is 1. The highest BCUT2D eigenvalue weighted by atomic mass is 16.5. The van der Waals surface area contributed by atoms with Gasteiger partial charge in [-0.3, -0.25) is 4.79 Å². The van der Waals surface area contributed by atoms with Crippen LogP contribution in [0.25, 0.3) is 0 Å². The molecule has 1 heterocycles. The quantitative estimate of drug-likeness (QED) is 0.604. The Morgan fingerprint density at radius 3 is 2.14 bits per heavy atom. The summed E-state index contributed by atoms with van der Waals surface area (Å²) in [5.41, 5.74) is 9.14. The van der Waals surface area contributed by atoms with Gasteiger partial charge in [0.2, 0.25) is 0 Å². The van der Waals surface area contributed by atoms with Crippen LogP contribution in [0.4, 0.5) is 5.82 Å². The van der Waals surface area contributed by atoms with Gasteiger partial charge < -0.3 is 20.5 Å². The number of carbonyl (C=O) groups is 1. The summed E-state index contributed by atoms with van der Waals surface area (Å²) < 4.78 is 10.9.